The highest BCUT2D eigenvalue weighted by Crippen LogP contribution is 2.33. The molecule has 5 heteroatoms. The molecule has 29 heavy (non-hydrogen) atoms. The van der Waals surface area contributed by atoms with Gasteiger partial charge in [0.25, 0.3) is 5.91 Å². The summed E-state index contributed by atoms with van der Waals surface area (Å²) in [5.41, 5.74) is 3.64. The average molecular weight is 389 g/mol. The number of carbonyl (C=O) groups is 2. The second-order valence-electron chi connectivity index (χ2n) is 7.84. The van der Waals surface area contributed by atoms with Crippen molar-refractivity contribution in [3.63, 3.8) is 0 Å². The second-order valence-corrected chi connectivity index (χ2v) is 7.84. The number of H-pyrrole nitrogens is 1. The molecular formula is C24H27N3O2. The van der Waals surface area contributed by atoms with Crippen molar-refractivity contribution in [3.05, 3.63) is 60.3 Å². The van der Waals surface area contributed by atoms with Gasteiger partial charge in [-0.1, -0.05) is 24.3 Å². The molecule has 0 bridgehead atoms. The summed E-state index contributed by atoms with van der Waals surface area (Å²) in [7, 11) is 1.87. The highest BCUT2D eigenvalue weighted by molar-refractivity contribution is 5.95. The van der Waals surface area contributed by atoms with Crippen LogP contribution in [-0.2, 0) is 4.79 Å². The minimum absolute atomic E-state index is 0.0110. The van der Waals surface area contributed by atoms with E-state index in [2.05, 4.69) is 34.6 Å². The molecule has 1 aliphatic rings. The maximum absolute atomic E-state index is 13.2. The summed E-state index contributed by atoms with van der Waals surface area (Å²) < 4.78 is 0. The fourth-order valence-electron chi connectivity index (χ4n) is 4.38. The SMILES string of the molecule is CN(C(=O)c1ccc(-c2ccc3cc[nH]c3c2)cc1)C1(NCCC=O)CCCC1. The molecule has 1 amide bonds. The molecule has 5 nitrogen and oxygen atoms in total. The number of hydrogen-bond acceptors (Lipinski definition) is 3. The fraction of sp³-hybridized carbons (Fsp3) is 0.333. The normalized spacial score (nSPS) is 15.5. The van der Waals surface area contributed by atoms with Gasteiger partial charge in [0, 0.05) is 37.3 Å². The Morgan fingerprint density at radius 2 is 1.83 bits per heavy atom. The largest absolute Gasteiger partial charge is 0.361 e. The van der Waals surface area contributed by atoms with Gasteiger partial charge in [-0.15, -0.1) is 0 Å². The van der Waals surface area contributed by atoms with E-state index in [1.165, 1.54) is 5.39 Å². The first-order valence-electron chi connectivity index (χ1n) is 10.3. The maximum Gasteiger partial charge on any atom is 0.255 e. The number of rotatable bonds is 7. The van der Waals surface area contributed by atoms with E-state index in [-0.39, 0.29) is 11.6 Å². The van der Waals surface area contributed by atoms with Crippen molar-refractivity contribution in [1.82, 2.24) is 15.2 Å². The third-order valence-corrected chi connectivity index (χ3v) is 6.11. The molecule has 1 heterocycles. The summed E-state index contributed by atoms with van der Waals surface area (Å²) in [5, 5.41) is 4.65. The summed E-state index contributed by atoms with van der Waals surface area (Å²) in [6, 6.07) is 16.2. The van der Waals surface area contributed by atoms with Gasteiger partial charge in [0.2, 0.25) is 0 Å². The van der Waals surface area contributed by atoms with E-state index in [9.17, 15) is 9.59 Å². The Bertz CT molecular complexity index is 1000. The number of aromatic nitrogens is 1. The van der Waals surface area contributed by atoms with E-state index in [1.807, 2.05) is 42.4 Å². The number of hydrogen-bond donors (Lipinski definition) is 2. The van der Waals surface area contributed by atoms with Crippen LogP contribution in [0.2, 0.25) is 0 Å². The topological polar surface area (TPSA) is 65.2 Å². The van der Waals surface area contributed by atoms with E-state index in [1.54, 1.807) is 0 Å². The van der Waals surface area contributed by atoms with Gasteiger partial charge in [0.1, 0.15) is 6.29 Å². The lowest BCUT2D eigenvalue weighted by molar-refractivity contribution is -0.107. The van der Waals surface area contributed by atoms with Crippen LogP contribution in [0.25, 0.3) is 22.0 Å². The van der Waals surface area contributed by atoms with Gasteiger partial charge in [0.15, 0.2) is 0 Å². The Morgan fingerprint density at radius 3 is 2.55 bits per heavy atom. The molecule has 1 saturated carbocycles. The van der Waals surface area contributed by atoms with Crippen molar-refractivity contribution in [2.24, 2.45) is 0 Å². The van der Waals surface area contributed by atoms with Crippen LogP contribution in [0, 0.1) is 0 Å². The molecule has 0 spiro atoms. The predicted molar refractivity (Wildman–Crippen MR) is 116 cm³/mol. The number of carbonyl (C=O) groups excluding carboxylic acids is 2. The van der Waals surface area contributed by atoms with Crippen LogP contribution in [-0.4, -0.2) is 41.3 Å². The standard InChI is InChI=1S/C24H27N3O2/c1-27(24(12-2-3-13-24)26-14-4-16-28)23(29)20-8-5-18(6-9-20)21-10-7-19-11-15-25-22(19)17-21/h5-11,15-17,25-26H,2-4,12-14H2,1H3. The van der Waals surface area contributed by atoms with Crippen LogP contribution < -0.4 is 5.32 Å². The zero-order valence-corrected chi connectivity index (χ0v) is 16.8. The minimum Gasteiger partial charge on any atom is -0.361 e. The molecule has 1 fully saturated rings. The van der Waals surface area contributed by atoms with E-state index >= 15 is 0 Å². The Balaban J connectivity index is 1.52. The average Bonchev–Trinajstić information content (AvgIpc) is 3.42. The van der Waals surface area contributed by atoms with Crippen molar-refractivity contribution in [3.8, 4) is 11.1 Å². The monoisotopic (exact) mass is 389 g/mol. The number of nitrogens with one attached hydrogen (secondary N) is 2. The first-order chi connectivity index (χ1) is 14.1. The minimum atomic E-state index is -0.350. The molecule has 3 aromatic rings. The molecule has 1 aliphatic carbocycles. The lowest BCUT2D eigenvalue weighted by Gasteiger charge is -2.40. The van der Waals surface area contributed by atoms with Crippen LogP contribution in [0.1, 0.15) is 42.5 Å². The number of benzene rings is 2. The summed E-state index contributed by atoms with van der Waals surface area (Å²) >= 11 is 0. The van der Waals surface area contributed by atoms with Gasteiger partial charge in [-0.2, -0.15) is 0 Å². The summed E-state index contributed by atoms with van der Waals surface area (Å²) in [6.45, 7) is 0.598. The van der Waals surface area contributed by atoms with Crippen LogP contribution in [0.15, 0.2) is 54.7 Å². The third-order valence-electron chi connectivity index (χ3n) is 6.11. The van der Waals surface area contributed by atoms with Crippen molar-refractivity contribution in [2.75, 3.05) is 13.6 Å². The van der Waals surface area contributed by atoms with Crippen molar-refractivity contribution < 1.29 is 9.59 Å². The van der Waals surface area contributed by atoms with Crippen LogP contribution in [0.5, 0.6) is 0 Å². The molecule has 0 radical (unpaired) electrons. The maximum atomic E-state index is 13.2. The first kappa shape index (κ1) is 19.4. The highest BCUT2D eigenvalue weighted by atomic mass is 16.2. The molecule has 1 aromatic heterocycles. The van der Waals surface area contributed by atoms with E-state index in [0.717, 1.165) is 48.6 Å². The lowest BCUT2D eigenvalue weighted by atomic mass is 10.0. The molecule has 2 N–H and O–H groups in total. The van der Waals surface area contributed by atoms with Crippen LogP contribution in [0.3, 0.4) is 0 Å². The molecule has 0 aliphatic heterocycles. The number of nitrogens with zero attached hydrogens (tertiary/aromatic N) is 1. The van der Waals surface area contributed by atoms with E-state index in [4.69, 9.17) is 0 Å². The van der Waals surface area contributed by atoms with Gasteiger partial charge in [-0.25, -0.2) is 0 Å². The van der Waals surface area contributed by atoms with Gasteiger partial charge in [-0.3, -0.25) is 10.1 Å². The zero-order chi connectivity index (χ0) is 20.3. The molecule has 0 saturated heterocycles. The van der Waals surface area contributed by atoms with Crippen molar-refractivity contribution in [1.29, 1.82) is 0 Å². The molecule has 4 rings (SSSR count). The Kier molecular flexibility index (Phi) is 5.49. The highest BCUT2D eigenvalue weighted by Gasteiger charge is 2.39. The van der Waals surface area contributed by atoms with Crippen LogP contribution >= 0.6 is 0 Å². The van der Waals surface area contributed by atoms with E-state index < -0.39 is 0 Å². The quantitative estimate of drug-likeness (QED) is 0.359. The molecule has 150 valence electrons. The fourth-order valence-corrected chi connectivity index (χ4v) is 4.38. The molecule has 2 aromatic carbocycles. The molecule has 0 unspecified atom stereocenters. The summed E-state index contributed by atoms with van der Waals surface area (Å²) in [5.74, 6) is 0.0110. The van der Waals surface area contributed by atoms with Crippen molar-refractivity contribution >= 4 is 23.1 Å². The Hall–Kier alpha value is -2.92. The van der Waals surface area contributed by atoms with Gasteiger partial charge >= 0.3 is 0 Å². The summed E-state index contributed by atoms with van der Waals surface area (Å²) in [4.78, 5) is 28.9. The van der Waals surface area contributed by atoms with Crippen LogP contribution in [0.4, 0.5) is 0 Å². The third kappa shape index (κ3) is 3.83. The number of amides is 1. The van der Waals surface area contributed by atoms with Gasteiger partial charge in [-0.05, 0) is 66.5 Å². The van der Waals surface area contributed by atoms with E-state index in [0.29, 0.717) is 18.5 Å². The lowest BCUT2D eigenvalue weighted by Crippen LogP contribution is -2.57. The summed E-state index contributed by atoms with van der Waals surface area (Å²) in [6.07, 6.45) is 7.33. The Labute approximate surface area is 171 Å². The number of aldehydes is 1. The smallest absolute Gasteiger partial charge is 0.255 e. The second kappa shape index (κ2) is 8.21. The number of aromatic amines is 1. The zero-order valence-electron chi connectivity index (χ0n) is 16.8. The van der Waals surface area contributed by atoms with Gasteiger partial charge < -0.3 is 14.7 Å². The molecular weight excluding hydrogens is 362 g/mol. The number of fused-ring (bicyclic) bond motifs is 1. The van der Waals surface area contributed by atoms with Crippen molar-refractivity contribution in [2.45, 2.75) is 37.8 Å². The first-order valence-corrected chi connectivity index (χ1v) is 10.3. The Morgan fingerprint density at radius 1 is 1.10 bits per heavy atom. The molecule has 0 atom stereocenters. The van der Waals surface area contributed by atoms with Gasteiger partial charge in [0.05, 0.1) is 5.66 Å². The predicted octanol–water partition coefficient (Wildman–Crippen LogP) is 4.36.